The van der Waals surface area contributed by atoms with Gasteiger partial charge in [-0.25, -0.2) is 4.98 Å². The normalized spacial score (nSPS) is 16.9. The number of carbonyl (C=O) groups excluding carboxylic acids is 2. The van der Waals surface area contributed by atoms with E-state index in [0.29, 0.717) is 11.3 Å². The van der Waals surface area contributed by atoms with Crippen LogP contribution in [0.2, 0.25) is 0 Å². The van der Waals surface area contributed by atoms with Gasteiger partial charge >= 0.3 is 0 Å². The molecule has 3 rings (SSSR count). The minimum absolute atomic E-state index is 0.178. The van der Waals surface area contributed by atoms with E-state index in [1.807, 2.05) is 0 Å². The first kappa shape index (κ1) is 15.7. The van der Waals surface area contributed by atoms with Crippen LogP contribution in [0, 0.1) is 5.92 Å². The lowest BCUT2D eigenvalue weighted by Gasteiger charge is -2.17. The number of carbonyl (C=O) groups is 2. The molecule has 0 radical (unpaired) electrons. The van der Waals surface area contributed by atoms with Gasteiger partial charge in [-0.1, -0.05) is 6.92 Å². The van der Waals surface area contributed by atoms with Gasteiger partial charge in [0.2, 0.25) is 5.91 Å². The molecule has 2 aromatic rings. The Morgan fingerprint density at radius 3 is 2.96 bits per heavy atom. The lowest BCUT2D eigenvalue weighted by molar-refractivity contribution is -0.128. The van der Waals surface area contributed by atoms with Crippen LogP contribution in [-0.4, -0.2) is 21.4 Å². The van der Waals surface area contributed by atoms with E-state index in [1.165, 1.54) is 22.7 Å². The Morgan fingerprint density at radius 1 is 1.43 bits per heavy atom. The van der Waals surface area contributed by atoms with Crippen molar-refractivity contribution in [1.29, 1.82) is 0 Å². The van der Waals surface area contributed by atoms with Crippen molar-refractivity contribution in [3.63, 3.8) is 0 Å². The summed E-state index contributed by atoms with van der Waals surface area (Å²) in [5, 5.41) is 0.645. The summed E-state index contributed by atoms with van der Waals surface area (Å²) < 4.78 is 1.28. The minimum atomic E-state index is -0.471. The summed E-state index contributed by atoms with van der Waals surface area (Å²) in [6.07, 6.45) is 4.33. The number of thiophene rings is 1. The first-order valence-electron chi connectivity index (χ1n) is 7.50. The predicted octanol–water partition coefficient (Wildman–Crippen LogP) is 0.750. The Hall–Kier alpha value is -2.22. The predicted molar refractivity (Wildman–Crippen MR) is 87.0 cm³/mol. The Kier molecular flexibility index (Phi) is 4.16. The second kappa shape index (κ2) is 6.11. The van der Waals surface area contributed by atoms with E-state index in [1.54, 1.807) is 11.3 Å². The molecule has 2 heterocycles. The molecule has 8 heteroatoms. The molecule has 1 atom stereocenters. The molecule has 122 valence electrons. The van der Waals surface area contributed by atoms with Crippen LogP contribution in [0.25, 0.3) is 10.2 Å². The van der Waals surface area contributed by atoms with Crippen LogP contribution in [0.3, 0.4) is 0 Å². The largest absolute Gasteiger partial charge is 0.289 e. The van der Waals surface area contributed by atoms with E-state index in [0.717, 1.165) is 29.7 Å². The Labute approximate surface area is 136 Å². The summed E-state index contributed by atoms with van der Waals surface area (Å²) in [5.41, 5.74) is 5.34. The molecule has 7 nitrogen and oxygen atoms in total. The SMILES string of the molecule is CC(=O)NNC(=O)Cn1cnc2sc3c(c2c1=O)CC[C@H](C)C3. The lowest BCUT2D eigenvalue weighted by atomic mass is 9.89. The van der Waals surface area contributed by atoms with Crippen molar-refractivity contribution in [2.45, 2.75) is 39.7 Å². The summed E-state index contributed by atoms with van der Waals surface area (Å²) in [6.45, 7) is 3.33. The van der Waals surface area contributed by atoms with Gasteiger partial charge in [0.25, 0.3) is 11.5 Å². The Morgan fingerprint density at radius 2 is 2.22 bits per heavy atom. The van der Waals surface area contributed by atoms with Crippen LogP contribution in [0.5, 0.6) is 0 Å². The number of amides is 2. The maximum absolute atomic E-state index is 12.7. The molecule has 1 aliphatic rings. The molecule has 0 aromatic carbocycles. The molecule has 2 aromatic heterocycles. The van der Waals surface area contributed by atoms with Gasteiger partial charge in [0, 0.05) is 11.8 Å². The van der Waals surface area contributed by atoms with Gasteiger partial charge in [-0.2, -0.15) is 0 Å². The van der Waals surface area contributed by atoms with Gasteiger partial charge in [-0.15, -0.1) is 11.3 Å². The highest BCUT2D eigenvalue weighted by Gasteiger charge is 2.23. The summed E-state index contributed by atoms with van der Waals surface area (Å²) in [7, 11) is 0. The molecule has 0 saturated carbocycles. The van der Waals surface area contributed by atoms with Crippen molar-refractivity contribution in [2.24, 2.45) is 5.92 Å². The third-order valence-electron chi connectivity index (χ3n) is 3.97. The number of hydrogen-bond donors (Lipinski definition) is 2. The van der Waals surface area contributed by atoms with Gasteiger partial charge in [-0.05, 0) is 30.7 Å². The molecule has 0 aliphatic heterocycles. The third-order valence-corrected chi connectivity index (χ3v) is 5.14. The molecule has 0 spiro atoms. The highest BCUT2D eigenvalue weighted by atomic mass is 32.1. The second-order valence-corrected chi connectivity index (χ2v) is 7.02. The molecular formula is C15H18N4O3S. The highest BCUT2D eigenvalue weighted by Crippen LogP contribution is 2.35. The van der Waals surface area contributed by atoms with Crippen LogP contribution >= 0.6 is 11.3 Å². The average molecular weight is 334 g/mol. The Bertz CT molecular complexity index is 839. The van der Waals surface area contributed by atoms with E-state index in [9.17, 15) is 14.4 Å². The zero-order chi connectivity index (χ0) is 16.6. The van der Waals surface area contributed by atoms with E-state index in [-0.39, 0.29) is 18.0 Å². The van der Waals surface area contributed by atoms with E-state index < -0.39 is 5.91 Å². The van der Waals surface area contributed by atoms with Gasteiger partial charge in [0.05, 0.1) is 11.7 Å². The average Bonchev–Trinajstić information content (AvgIpc) is 2.86. The van der Waals surface area contributed by atoms with Crippen molar-refractivity contribution in [3.8, 4) is 0 Å². The summed E-state index contributed by atoms with van der Waals surface area (Å²) >= 11 is 1.58. The first-order valence-corrected chi connectivity index (χ1v) is 8.32. The molecule has 0 bridgehead atoms. The highest BCUT2D eigenvalue weighted by molar-refractivity contribution is 7.18. The van der Waals surface area contributed by atoms with Crippen LogP contribution < -0.4 is 16.4 Å². The second-order valence-electron chi connectivity index (χ2n) is 5.94. The number of rotatable bonds is 2. The maximum Gasteiger partial charge on any atom is 0.262 e. The monoisotopic (exact) mass is 334 g/mol. The van der Waals surface area contributed by atoms with Crippen LogP contribution in [0.4, 0.5) is 0 Å². The third kappa shape index (κ3) is 3.12. The minimum Gasteiger partial charge on any atom is -0.289 e. The summed E-state index contributed by atoms with van der Waals surface area (Å²) in [4.78, 5) is 41.5. The maximum atomic E-state index is 12.7. The summed E-state index contributed by atoms with van der Waals surface area (Å²) in [6, 6.07) is 0. The van der Waals surface area contributed by atoms with Crippen LogP contribution in [0.1, 0.15) is 30.7 Å². The number of fused-ring (bicyclic) bond motifs is 3. The number of aromatic nitrogens is 2. The quantitative estimate of drug-likeness (QED) is 0.793. The van der Waals surface area contributed by atoms with E-state index in [4.69, 9.17) is 0 Å². The van der Waals surface area contributed by atoms with Gasteiger partial charge in [0.15, 0.2) is 0 Å². The molecule has 1 aliphatic carbocycles. The number of hydrazine groups is 1. The van der Waals surface area contributed by atoms with E-state index in [2.05, 4.69) is 22.8 Å². The number of hydrogen-bond acceptors (Lipinski definition) is 5. The number of nitrogens with one attached hydrogen (secondary N) is 2. The van der Waals surface area contributed by atoms with Crippen molar-refractivity contribution < 1.29 is 9.59 Å². The van der Waals surface area contributed by atoms with Crippen molar-refractivity contribution in [1.82, 2.24) is 20.4 Å². The zero-order valence-corrected chi connectivity index (χ0v) is 13.8. The molecule has 23 heavy (non-hydrogen) atoms. The van der Waals surface area contributed by atoms with Crippen molar-refractivity contribution >= 4 is 33.4 Å². The lowest BCUT2D eigenvalue weighted by Crippen LogP contribution is -2.43. The standard InChI is InChI=1S/C15H18N4O3S/c1-8-3-4-10-11(5-8)23-14-13(10)15(22)19(7-16-14)6-12(21)18-17-9(2)20/h7-8H,3-6H2,1-2H3,(H,17,20)(H,18,21)/t8-/m0/s1. The molecular weight excluding hydrogens is 316 g/mol. The van der Waals surface area contributed by atoms with Crippen molar-refractivity contribution in [2.75, 3.05) is 0 Å². The Balaban J connectivity index is 1.91. The van der Waals surface area contributed by atoms with E-state index >= 15 is 0 Å². The first-order chi connectivity index (χ1) is 11.0. The number of nitrogens with zero attached hydrogens (tertiary/aromatic N) is 2. The zero-order valence-electron chi connectivity index (χ0n) is 13.0. The molecule has 0 saturated heterocycles. The van der Waals surface area contributed by atoms with Gasteiger partial charge in [0.1, 0.15) is 11.4 Å². The summed E-state index contributed by atoms with van der Waals surface area (Å²) in [5.74, 6) is -0.220. The fraction of sp³-hybridized carbons (Fsp3) is 0.467. The van der Waals surface area contributed by atoms with Crippen molar-refractivity contribution in [3.05, 3.63) is 27.1 Å². The molecule has 2 amide bonds. The number of aryl methyl sites for hydroxylation is 1. The van der Waals surface area contributed by atoms with Crippen LogP contribution in [-0.2, 0) is 29.0 Å². The van der Waals surface area contributed by atoms with Gasteiger partial charge < -0.3 is 0 Å². The fourth-order valence-electron chi connectivity index (χ4n) is 2.83. The molecule has 0 fully saturated rings. The van der Waals surface area contributed by atoms with Crippen LogP contribution in [0.15, 0.2) is 11.1 Å². The fourth-order valence-corrected chi connectivity index (χ4v) is 4.17. The topological polar surface area (TPSA) is 93.1 Å². The molecule has 2 N–H and O–H groups in total. The smallest absolute Gasteiger partial charge is 0.262 e. The van der Waals surface area contributed by atoms with Gasteiger partial charge in [-0.3, -0.25) is 29.8 Å². The molecule has 0 unspecified atom stereocenters.